The summed E-state index contributed by atoms with van der Waals surface area (Å²) in [5.41, 5.74) is 0.705. The van der Waals surface area contributed by atoms with Gasteiger partial charge in [0.15, 0.2) is 5.76 Å². The predicted molar refractivity (Wildman–Crippen MR) is 71.9 cm³/mol. The average molecular weight is 259 g/mol. The molecule has 19 heavy (non-hydrogen) atoms. The van der Waals surface area contributed by atoms with Crippen molar-refractivity contribution in [1.29, 1.82) is 0 Å². The zero-order chi connectivity index (χ0) is 13.2. The molecule has 2 N–H and O–H groups in total. The molecule has 2 aromatic rings. The van der Waals surface area contributed by atoms with Crippen LogP contribution >= 0.6 is 0 Å². The van der Waals surface area contributed by atoms with E-state index in [1.54, 1.807) is 6.07 Å². The van der Waals surface area contributed by atoms with Crippen molar-refractivity contribution in [3.63, 3.8) is 0 Å². The highest BCUT2D eigenvalue weighted by Crippen LogP contribution is 2.21. The van der Waals surface area contributed by atoms with Crippen LogP contribution in [0, 0.1) is 0 Å². The van der Waals surface area contributed by atoms with Gasteiger partial charge in [0, 0.05) is 5.39 Å². The summed E-state index contributed by atoms with van der Waals surface area (Å²) in [5.74, 6) is 0.0566. The van der Waals surface area contributed by atoms with Crippen LogP contribution in [0.2, 0.25) is 0 Å². The van der Waals surface area contributed by atoms with E-state index in [4.69, 9.17) is 4.42 Å². The second-order valence-corrected chi connectivity index (χ2v) is 5.08. The van der Waals surface area contributed by atoms with Crippen LogP contribution < -0.4 is 5.32 Å². The lowest BCUT2D eigenvalue weighted by atomic mass is 9.92. The number of nitrogens with one attached hydrogen (secondary N) is 1. The summed E-state index contributed by atoms with van der Waals surface area (Å²) in [6.07, 6.45) is 3.21. The van der Waals surface area contributed by atoms with E-state index in [0.29, 0.717) is 11.3 Å². The molecule has 2 unspecified atom stereocenters. The van der Waals surface area contributed by atoms with E-state index in [1.807, 2.05) is 24.3 Å². The summed E-state index contributed by atoms with van der Waals surface area (Å²) in [5, 5.41) is 13.6. The number of hydrogen-bond acceptors (Lipinski definition) is 3. The zero-order valence-electron chi connectivity index (χ0n) is 10.6. The zero-order valence-corrected chi connectivity index (χ0v) is 10.6. The normalized spacial score (nSPS) is 23.4. The number of benzene rings is 1. The highest BCUT2D eigenvalue weighted by Gasteiger charge is 2.25. The number of hydrogen-bond donors (Lipinski definition) is 2. The fourth-order valence-electron chi connectivity index (χ4n) is 2.61. The van der Waals surface area contributed by atoms with Crippen LogP contribution in [0.15, 0.2) is 34.7 Å². The molecule has 0 saturated heterocycles. The first kappa shape index (κ1) is 12.2. The number of carbonyl (C=O) groups excluding carboxylic acids is 1. The third-order valence-corrected chi connectivity index (χ3v) is 3.70. The van der Waals surface area contributed by atoms with Crippen molar-refractivity contribution in [3.05, 3.63) is 36.1 Å². The monoisotopic (exact) mass is 259 g/mol. The van der Waals surface area contributed by atoms with Gasteiger partial charge in [-0.2, -0.15) is 0 Å². The van der Waals surface area contributed by atoms with Crippen LogP contribution in [-0.2, 0) is 0 Å². The topological polar surface area (TPSA) is 62.5 Å². The maximum Gasteiger partial charge on any atom is 0.287 e. The predicted octanol–water partition coefficient (Wildman–Crippen LogP) is 2.47. The SMILES string of the molecule is O=C(NC1CCCCC1O)c1cc2ccccc2o1. The lowest BCUT2D eigenvalue weighted by molar-refractivity contribution is 0.0699. The molecule has 3 rings (SSSR count). The van der Waals surface area contributed by atoms with E-state index in [1.165, 1.54) is 0 Å². The minimum Gasteiger partial charge on any atom is -0.451 e. The molecule has 1 aromatic carbocycles. The molecule has 0 radical (unpaired) electrons. The van der Waals surface area contributed by atoms with Crippen molar-refractivity contribution >= 4 is 16.9 Å². The highest BCUT2D eigenvalue weighted by molar-refractivity contribution is 5.96. The van der Waals surface area contributed by atoms with Gasteiger partial charge in [-0.3, -0.25) is 4.79 Å². The molecule has 100 valence electrons. The second kappa shape index (κ2) is 5.05. The van der Waals surface area contributed by atoms with Gasteiger partial charge in [-0.1, -0.05) is 31.0 Å². The van der Waals surface area contributed by atoms with E-state index in [2.05, 4.69) is 5.32 Å². The van der Waals surface area contributed by atoms with Crippen LogP contribution in [0.25, 0.3) is 11.0 Å². The highest BCUT2D eigenvalue weighted by atomic mass is 16.3. The molecule has 1 aliphatic rings. The molecule has 1 saturated carbocycles. The van der Waals surface area contributed by atoms with Crippen LogP contribution in [0.5, 0.6) is 0 Å². The fourth-order valence-corrected chi connectivity index (χ4v) is 2.61. The quantitative estimate of drug-likeness (QED) is 0.870. The molecule has 1 amide bonds. The second-order valence-electron chi connectivity index (χ2n) is 5.08. The largest absolute Gasteiger partial charge is 0.451 e. The van der Waals surface area contributed by atoms with Gasteiger partial charge in [0.25, 0.3) is 5.91 Å². The first-order valence-corrected chi connectivity index (χ1v) is 6.71. The van der Waals surface area contributed by atoms with Crippen molar-refractivity contribution in [3.8, 4) is 0 Å². The molecule has 1 aliphatic carbocycles. The number of rotatable bonds is 2. The first-order chi connectivity index (χ1) is 9.24. The molecule has 1 aromatic heterocycles. The van der Waals surface area contributed by atoms with Crippen molar-refractivity contribution < 1.29 is 14.3 Å². The lowest BCUT2D eigenvalue weighted by Crippen LogP contribution is -2.44. The van der Waals surface area contributed by atoms with Gasteiger partial charge in [-0.15, -0.1) is 0 Å². The first-order valence-electron chi connectivity index (χ1n) is 6.71. The smallest absolute Gasteiger partial charge is 0.287 e. The third-order valence-electron chi connectivity index (χ3n) is 3.70. The van der Waals surface area contributed by atoms with E-state index in [0.717, 1.165) is 31.1 Å². The molecule has 0 spiro atoms. The summed E-state index contributed by atoms with van der Waals surface area (Å²) in [6.45, 7) is 0. The van der Waals surface area contributed by atoms with Crippen LogP contribution in [0.1, 0.15) is 36.2 Å². The Morgan fingerprint density at radius 3 is 2.84 bits per heavy atom. The Labute approximate surface area is 111 Å². The van der Waals surface area contributed by atoms with E-state index < -0.39 is 6.10 Å². The summed E-state index contributed by atoms with van der Waals surface area (Å²) in [6, 6.07) is 9.10. The molecule has 4 nitrogen and oxygen atoms in total. The van der Waals surface area contributed by atoms with Gasteiger partial charge in [-0.25, -0.2) is 0 Å². The number of aliphatic hydroxyl groups excluding tert-OH is 1. The molecule has 0 bridgehead atoms. The Morgan fingerprint density at radius 2 is 2.05 bits per heavy atom. The molecule has 1 heterocycles. The number of aliphatic hydroxyl groups is 1. The van der Waals surface area contributed by atoms with Crippen LogP contribution in [0.4, 0.5) is 0 Å². The third kappa shape index (κ3) is 2.49. The van der Waals surface area contributed by atoms with E-state index in [9.17, 15) is 9.90 Å². The average Bonchev–Trinajstić information content (AvgIpc) is 2.85. The van der Waals surface area contributed by atoms with E-state index >= 15 is 0 Å². The summed E-state index contributed by atoms with van der Waals surface area (Å²) in [4.78, 5) is 12.1. The van der Waals surface area contributed by atoms with Crippen molar-refractivity contribution in [2.75, 3.05) is 0 Å². The van der Waals surface area contributed by atoms with Gasteiger partial charge in [-0.05, 0) is 25.0 Å². The summed E-state index contributed by atoms with van der Waals surface area (Å²) < 4.78 is 5.51. The minimum atomic E-state index is -0.443. The van der Waals surface area contributed by atoms with Gasteiger partial charge in [0.05, 0.1) is 12.1 Å². The van der Waals surface area contributed by atoms with Crippen molar-refractivity contribution in [1.82, 2.24) is 5.32 Å². The van der Waals surface area contributed by atoms with Gasteiger partial charge in [0.1, 0.15) is 5.58 Å². The molecular weight excluding hydrogens is 242 g/mol. The van der Waals surface area contributed by atoms with Crippen molar-refractivity contribution in [2.45, 2.75) is 37.8 Å². The molecular formula is C15H17NO3. The summed E-state index contributed by atoms with van der Waals surface area (Å²) in [7, 11) is 0. The number of furan rings is 1. The molecule has 2 atom stereocenters. The number of para-hydroxylation sites is 1. The van der Waals surface area contributed by atoms with Gasteiger partial charge >= 0.3 is 0 Å². The van der Waals surface area contributed by atoms with Gasteiger partial charge in [0.2, 0.25) is 0 Å². The Kier molecular flexibility index (Phi) is 3.25. The number of amides is 1. The molecule has 0 aliphatic heterocycles. The Morgan fingerprint density at radius 1 is 1.26 bits per heavy atom. The van der Waals surface area contributed by atoms with Gasteiger partial charge < -0.3 is 14.8 Å². The van der Waals surface area contributed by atoms with Crippen LogP contribution in [0.3, 0.4) is 0 Å². The minimum absolute atomic E-state index is 0.158. The summed E-state index contributed by atoms with van der Waals surface area (Å²) >= 11 is 0. The Balaban J connectivity index is 1.76. The Bertz CT molecular complexity index is 557. The number of carbonyl (C=O) groups is 1. The van der Waals surface area contributed by atoms with Crippen molar-refractivity contribution in [2.24, 2.45) is 0 Å². The maximum atomic E-state index is 12.1. The molecule has 1 fully saturated rings. The number of fused-ring (bicyclic) bond motifs is 1. The van der Waals surface area contributed by atoms with Crippen LogP contribution in [-0.4, -0.2) is 23.2 Å². The standard InChI is InChI=1S/C15H17NO3/c17-12-7-3-2-6-11(12)16-15(18)14-9-10-5-1-4-8-13(10)19-14/h1,4-5,8-9,11-12,17H,2-3,6-7H2,(H,16,18). The van der Waals surface area contributed by atoms with E-state index in [-0.39, 0.29) is 11.9 Å². The Hall–Kier alpha value is -1.81. The molecule has 4 heteroatoms. The lowest BCUT2D eigenvalue weighted by Gasteiger charge is -2.27. The fraction of sp³-hybridized carbons (Fsp3) is 0.400. The maximum absolute atomic E-state index is 12.1.